The maximum absolute atomic E-state index is 12.2. The average Bonchev–Trinajstić information content (AvgIpc) is 2.44. The van der Waals surface area contributed by atoms with Crippen LogP contribution in [0.2, 0.25) is 0 Å². The molecular weight excluding hydrogens is 321 g/mol. The lowest BCUT2D eigenvalue weighted by atomic mass is 9.98. The number of rotatable bonds is 4. The maximum atomic E-state index is 12.2. The molecule has 0 saturated carbocycles. The molecule has 0 radical (unpaired) electrons. The Hall–Kier alpha value is -0.810. The zero-order valence-corrected chi connectivity index (χ0v) is 14.8. The Bertz CT molecular complexity index is 444. The summed E-state index contributed by atoms with van der Waals surface area (Å²) in [5.41, 5.74) is 7.11. The van der Waals surface area contributed by atoms with E-state index in [1.54, 1.807) is 0 Å². The number of carbonyl (C=O) groups excluding carboxylic acids is 1. The molecule has 4 nitrogen and oxygen atoms in total. The predicted molar refractivity (Wildman–Crippen MR) is 95.9 cm³/mol. The minimum absolute atomic E-state index is 0. The number of carbonyl (C=O) groups is 1. The summed E-state index contributed by atoms with van der Waals surface area (Å²) in [4.78, 5) is 14.5. The van der Waals surface area contributed by atoms with Gasteiger partial charge < -0.3 is 16.0 Å². The van der Waals surface area contributed by atoms with E-state index in [-0.39, 0.29) is 36.8 Å². The Morgan fingerprint density at radius 2 is 2.00 bits per heavy atom. The monoisotopic (exact) mass is 347 g/mol. The lowest BCUT2D eigenvalue weighted by Crippen LogP contribution is -2.51. The first-order chi connectivity index (χ1) is 9.56. The quantitative estimate of drug-likeness (QED) is 0.875. The Labute approximate surface area is 145 Å². The van der Waals surface area contributed by atoms with E-state index in [1.165, 1.54) is 0 Å². The summed E-state index contributed by atoms with van der Waals surface area (Å²) in [6, 6.07) is 10.2. The summed E-state index contributed by atoms with van der Waals surface area (Å²) in [6.07, 6.45) is 2.60. The van der Waals surface area contributed by atoms with Crippen molar-refractivity contribution in [3.05, 3.63) is 35.9 Å². The number of likely N-dealkylation sites (tertiary alicyclic amines) is 1. The van der Waals surface area contributed by atoms with E-state index >= 15 is 0 Å². The van der Waals surface area contributed by atoms with Gasteiger partial charge in [-0.15, -0.1) is 24.8 Å². The second-order valence-corrected chi connectivity index (χ2v) is 5.86. The number of halogens is 2. The van der Waals surface area contributed by atoms with Gasteiger partial charge in [0, 0.05) is 18.6 Å². The molecule has 6 heteroatoms. The van der Waals surface area contributed by atoms with Gasteiger partial charge in [0.25, 0.3) is 0 Å². The molecule has 1 saturated heterocycles. The number of hydrogen-bond donors (Lipinski definition) is 2. The van der Waals surface area contributed by atoms with Crippen molar-refractivity contribution in [3.8, 4) is 0 Å². The largest absolute Gasteiger partial charge is 0.352 e. The number of hydrogen-bond acceptors (Lipinski definition) is 3. The number of nitrogens with one attached hydrogen (secondary N) is 1. The van der Waals surface area contributed by atoms with Gasteiger partial charge in [-0.3, -0.25) is 4.79 Å². The Morgan fingerprint density at radius 1 is 1.36 bits per heavy atom. The van der Waals surface area contributed by atoms with Gasteiger partial charge in [-0.1, -0.05) is 30.3 Å². The fourth-order valence-corrected chi connectivity index (χ4v) is 2.69. The number of piperidine rings is 1. The highest BCUT2D eigenvalue weighted by Gasteiger charge is 2.25. The van der Waals surface area contributed by atoms with Crippen LogP contribution in [0.3, 0.4) is 0 Å². The molecule has 2 rings (SSSR count). The third kappa shape index (κ3) is 6.13. The molecule has 1 aliphatic rings. The summed E-state index contributed by atoms with van der Waals surface area (Å²) >= 11 is 0. The molecule has 126 valence electrons. The highest BCUT2D eigenvalue weighted by Crippen LogP contribution is 2.15. The molecule has 0 aliphatic carbocycles. The molecule has 1 aromatic rings. The first-order valence-electron chi connectivity index (χ1n) is 7.36. The van der Waals surface area contributed by atoms with E-state index in [4.69, 9.17) is 5.73 Å². The lowest BCUT2D eigenvalue weighted by Gasteiger charge is -2.35. The van der Waals surface area contributed by atoms with Crippen LogP contribution in [-0.4, -0.2) is 42.5 Å². The molecule has 1 aromatic carbocycles. The molecule has 3 atom stereocenters. The van der Waals surface area contributed by atoms with Gasteiger partial charge in [0.1, 0.15) is 0 Å². The summed E-state index contributed by atoms with van der Waals surface area (Å²) < 4.78 is 0. The third-order valence-corrected chi connectivity index (χ3v) is 4.19. The van der Waals surface area contributed by atoms with Gasteiger partial charge in [-0.25, -0.2) is 0 Å². The minimum atomic E-state index is -0.465. The Balaban J connectivity index is 0.00000220. The van der Waals surface area contributed by atoms with Crippen LogP contribution in [0.5, 0.6) is 0 Å². The summed E-state index contributed by atoms with van der Waals surface area (Å²) in [7, 11) is 2.13. The standard InChI is InChI=1S/C16H25N3O.2ClH/c1-12-10-14(8-9-19(12)2)18-16(20)15(17)11-13-6-4-3-5-7-13;;/h3-7,12,14-15H,8-11,17H2,1-2H3,(H,18,20);2*1H/t12?,14?,15-;;/m0../s1. The normalized spacial score (nSPS) is 22.9. The zero-order chi connectivity index (χ0) is 14.5. The number of benzene rings is 1. The van der Waals surface area contributed by atoms with Crippen molar-refractivity contribution in [2.24, 2.45) is 5.73 Å². The van der Waals surface area contributed by atoms with Crippen LogP contribution < -0.4 is 11.1 Å². The topological polar surface area (TPSA) is 58.4 Å². The molecule has 1 fully saturated rings. The van der Waals surface area contributed by atoms with E-state index in [9.17, 15) is 4.79 Å². The van der Waals surface area contributed by atoms with Crippen LogP contribution in [0.1, 0.15) is 25.3 Å². The van der Waals surface area contributed by atoms with Crippen molar-refractivity contribution in [2.75, 3.05) is 13.6 Å². The fraction of sp³-hybridized carbons (Fsp3) is 0.562. The van der Waals surface area contributed by atoms with Gasteiger partial charge in [0.15, 0.2) is 0 Å². The molecule has 1 amide bonds. The third-order valence-electron chi connectivity index (χ3n) is 4.19. The van der Waals surface area contributed by atoms with Crippen LogP contribution in [0.15, 0.2) is 30.3 Å². The van der Waals surface area contributed by atoms with Crippen molar-refractivity contribution < 1.29 is 4.79 Å². The van der Waals surface area contributed by atoms with Crippen LogP contribution in [0.4, 0.5) is 0 Å². The molecule has 0 bridgehead atoms. The lowest BCUT2D eigenvalue weighted by molar-refractivity contribution is -0.123. The number of amides is 1. The van der Waals surface area contributed by atoms with Crippen molar-refractivity contribution in [2.45, 2.75) is 44.3 Å². The van der Waals surface area contributed by atoms with E-state index in [1.807, 2.05) is 30.3 Å². The van der Waals surface area contributed by atoms with Gasteiger partial charge in [-0.05, 0) is 38.8 Å². The van der Waals surface area contributed by atoms with E-state index in [2.05, 4.69) is 24.2 Å². The van der Waals surface area contributed by atoms with Crippen LogP contribution >= 0.6 is 24.8 Å². The number of nitrogens with zero attached hydrogens (tertiary/aromatic N) is 1. The van der Waals surface area contributed by atoms with E-state index in [0.717, 1.165) is 24.9 Å². The van der Waals surface area contributed by atoms with Gasteiger partial charge in [0.05, 0.1) is 6.04 Å². The van der Waals surface area contributed by atoms with Crippen LogP contribution in [0, 0.1) is 0 Å². The van der Waals surface area contributed by atoms with E-state index < -0.39 is 6.04 Å². The average molecular weight is 348 g/mol. The second-order valence-electron chi connectivity index (χ2n) is 5.86. The number of nitrogens with two attached hydrogens (primary N) is 1. The molecule has 1 aliphatic heterocycles. The summed E-state index contributed by atoms with van der Waals surface area (Å²) in [5, 5.41) is 3.10. The second kappa shape index (κ2) is 10.1. The first kappa shape index (κ1) is 21.2. The summed E-state index contributed by atoms with van der Waals surface area (Å²) in [5.74, 6) is -0.0318. The van der Waals surface area contributed by atoms with Crippen molar-refractivity contribution in [1.82, 2.24) is 10.2 Å². The highest BCUT2D eigenvalue weighted by atomic mass is 35.5. The van der Waals surface area contributed by atoms with Gasteiger partial charge >= 0.3 is 0 Å². The maximum Gasteiger partial charge on any atom is 0.237 e. The Morgan fingerprint density at radius 3 is 2.59 bits per heavy atom. The summed E-state index contributed by atoms with van der Waals surface area (Å²) in [6.45, 7) is 3.22. The molecule has 1 heterocycles. The van der Waals surface area contributed by atoms with Crippen LogP contribution in [0.25, 0.3) is 0 Å². The SMILES string of the molecule is CC1CC(NC(=O)[C@@H](N)Cc2ccccc2)CCN1C.Cl.Cl. The van der Waals surface area contributed by atoms with Crippen LogP contribution in [-0.2, 0) is 11.2 Å². The van der Waals surface area contributed by atoms with Crippen molar-refractivity contribution in [1.29, 1.82) is 0 Å². The van der Waals surface area contributed by atoms with Crippen molar-refractivity contribution in [3.63, 3.8) is 0 Å². The fourth-order valence-electron chi connectivity index (χ4n) is 2.69. The molecule has 0 aromatic heterocycles. The van der Waals surface area contributed by atoms with Crippen molar-refractivity contribution >= 4 is 30.7 Å². The molecule has 0 spiro atoms. The van der Waals surface area contributed by atoms with Gasteiger partial charge in [-0.2, -0.15) is 0 Å². The predicted octanol–water partition coefficient (Wildman–Crippen LogP) is 2.00. The zero-order valence-electron chi connectivity index (χ0n) is 13.2. The highest BCUT2D eigenvalue weighted by molar-refractivity contribution is 5.85. The smallest absolute Gasteiger partial charge is 0.237 e. The van der Waals surface area contributed by atoms with E-state index in [0.29, 0.717) is 12.5 Å². The van der Waals surface area contributed by atoms with Gasteiger partial charge in [0.2, 0.25) is 5.91 Å². The molecule has 3 N–H and O–H groups in total. The Kier molecular flexibility index (Phi) is 9.69. The molecule has 22 heavy (non-hydrogen) atoms. The molecular formula is C16H27Cl2N3O. The first-order valence-corrected chi connectivity index (χ1v) is 7.36. The minimum Gasteiger partial charge on any atom is -0.352 e. The molecule has 2 unspecified atom stereocenters.